The summed E-state index contributed by atoms with van der Waals surface area (Å²) in [6.07, 6.45) is 1.26. The lowest BCUT2D eigenvalue weighted by Crippen LogP contribution is -1.93. The summed E-state index contributed by atoms with van der Waals surface area (Å²) in [5, 5.41) is 1.08. The van der Waals surface area contributed by atoms with Gasteiger partial charge in [-0.3, -0.25) is 0 Å². The van der Waals surface area contributed by atoms with Gasteiger partial charge in [-0.15, -0.1) is 0 Å². The molecule has 0 bridgehead atoms. The first kappa shape index (κ1) is 10.8. The van der Waals surface area contributed by atoms with Crippen molar-refractivity contribution in [3.05, 3.63) is 23.8 Å². The molecule has 1 fully saturated rings. The Labute approximate surface area is 98.7 Å². The molecule has 0 radical (unpaired) electrons. The van der Waals surface area contributed by atoms with Crippen LogP contribution in [0.5, 0.6) is 11.5 Å². The molecule has 0 spiro atoms. The smallest absolute Gasteiger partial charge is 0.126 e. The van der Waals surface area contributed by atoms with Crippen molar-refractivity contribution in [2.75, 3.05) is 19.5 Å². The summed E-state index contributed by atoms with van der Waals surface area (Å²) in [5.74, 6) is 3.23. The van der Waals surface area contributed by atoms with E-state index in [2.05, 4.69) is 22.0 Å². The second kappa shape index (κ2) is 4.44. The van der Waals surface area contributed by atoms with Gasteiger partial charge in [0.2, 0.25) is 0 Å². The van der Waals surface area contributed by atoms with Crippen LogP contribution in [0.1, 0.15) is 17.9 Å². The normalized spacial score (nSPS) is 23.7. The van der Waals surface area contributed by atoms with Gasteiger partial charge in [-0.05, 0) is 29.9 Å². The van der Waals surface area contributed by atoms with Crippen LogP contribution in [0.3, 0.4) is 0 Å². The summed E-state index contributed by atoms with van der Waals surface area (Å²) in [4.78, 5) is 0. The SMILES string of the molecule is COc1ccc(C2CC2CBr)c(OC)c1. The molecule has 1 aliphatic carbocycles. The van der Waals surface area contributed by atoms with Gasteiger partial charge in [0.25, 0.3) is 0 Å². The van der Waals surface area contributed by atoms with Crippen molar-refractivity contribution in [1.82, 2.24) is 0 Å². The van der Waals surface area contributed by atoms with Gasteiger partial charge in [-0.2, -0.15) is 0 Å². The summed E-state index contributed by atoms with van der Waals surface area (Å²) < 4.78 is 10.6. The Balaban J connectivity index is 2.24. The molecule has 0 aliphatic heterocycles. The Hall–Kier alpha value is -0.700. The molecule has 1 aromatic carbocycles. The zero-order chi connectivity index (χ0) is 10.8. The Bertz CT molecular complexity index is 351. The number of methoxy groups -OCH3 is 2. The van der Waals surface area contributed by atoms with Gasteiger partial charge in [0.1, 0.15) is 11.5 Å². The van der Waals surface area contributed by atoms with Crippen molar-refractivity contribution in [2.24, 2.45) is 5.92 Å². The zero-order valence-corrected chi connectivity index (χ0v) is 10.6. The predicted octanol–water partition coefficient (Wildman–Crippen LogP) is 3.20. The molecule has 1 aliphatic rings. The van der Waals surface area contributed by atoms with E-state index < -0.39 is 0 Å². The van der Waals surface area contributed by atoms with Crippen LogP contribution in [-0.4, -0.2) is 19.5 Å². The maximum absolute atomic E-state index is 5.39. The number of halogens is 1. The van der Waals surface area contributed by atoms with E-state index in [-0.39, 0.29) is 0 Å². The largest absolute Gasteiger partial charge is 0.497 e. The first-order chi connectivity index (χ1) is 7.30. The number of hydrogen-bond acceptors (Lipinski definition) is 2. The average Bonchev–Trinajstić information content (AvgIpc) is 3.07. The van der Waals surface area contributed by atoms with Crippen LogP contribution in [0.2, 0.25) is 0 Å². The minimum atomic E-state index is 0.658. The lowest BCUT2D eigenvalue weighted by molar-refractivity contribution is 0.391. The van der Waals surface area contributed by atoms with Crippen LogP contribution in [0.4, 0.5) is 0 Å². The molecule has 2 nitrogen and oxygen atoms in total. The maximum atomic E-state index is 5.39. The Morgan fingerprint density at radius 2 is 2.13 bits per heavy atom. The molecule has 0 amide bonds. The van der Waals surface area contributed by atoms with Gasteiger partial charge in [0, 0.05) is 11.4 Å². The van der Waals surface area contributed by atoms with Crippen molar-refractivity contribution >= 4 is 15.9 Å². The first-order valence-electron chi connectivity index (χ1n) is 5.08. The van der Waals surface area contributed by atoms with Gasteiger partial charge in [0.15, 0.2) is 0 Å². The van der Waals surface area contributed by atoms with E-state index in [1.807, 2.05) is 12.1 Å². The van der Waals surface area contributed by atoms with Crippen LogP contribution in [0.25, 0.3) is 0 Å². The Kier molecular flexibility index (Phi) is 3.19. The van der Waals surface area contributed by atoms with Crippen molar-refractivity contribution in [3.63, 3.8) is 0 Å². The molecule has 0 aromatic heterocycles. The molecule has 2 atom stereocenters. The quantitative estimate of drug-likeness (QED) is 0.783. The number of hydrogen-bond donors (Lipinski definition) is 0. The maximum Gasteiger partial charge on any atom is 0.126 e. The topological polar surface area (TPSA) is 18.5 Å². The monoisotopic (exact) mass is 270 g/mol. The highest BCUT2D eigenvalue weighted by molar-refractivity contribution is 9.09. The first-order valence-corrected chi connectivity index (χ1v) is 6.20. The summed E-state index contributed by atoms with van der Waals surface area (Å²) in [5.41, 5.74) is 1.31. The lowest BCUT2D eigenvalue weighted by atomic mass is 10.1. The molecule has 0 saturated heterocycles. The van der Waals surface area contributed by atoms with Crippen LogP contribution in [0, 0.1) is 5.92 Å². The summed E-state index contributed by atoms with van der Waals surface area (Å²) in [6.45, 7) is 0. The second-order valence-electron chi connectivity index (χ2n) is 3.86. The lowest BCUT2D eigenvalue weighted by Gasteiger charge is -2.09. The molecule has 1 saturated carbocycles. The molecule has 1 aromatic rings. The van der Waals surface area contributed by atoms with Gasteiger partial charge < -0.3 is 9.47 Å². The van der Waals surface area contributed by atoms with Crippen molar-refractivity contribution in [2.45, 2.75) is 12.3 Å². The van der Waals surface area contributed by atoms with Gasteiger partial charge in [0.05, 0.1) is 14.2 Å². The van der Waals surface area contributed by atoms with Gasteiger partial charge in [-0.25, -0.2) is 0 Å². The van der Waals surface area contributed by atoms with E-state index in [1.165, 1.54) is 12.0 Å². The molecule has 2 unspecified atom stereocenters. The fourth-order valence-corrected chi connectivity index (χ4v) is 2.64. The summed E-state index contributed by atoms with van der Waals surface area (Å²) in [7, 11) is 3.39. The third-order valence-corrected chi connectivity index (χ3v) is 3.79. The standard InChI is InChI=1S/C12H15BrO2/c1-14-9-3-4-10(12(6-9)15-2)11-5-8(11)7-13/h3-4,6,8,11H,5,7H2,1-2H3. The van der Waals surface area contributed by atoms with Crippen LogP contribution in [-0.2, 0) is 0 Å². The van der Waals surface area contributed by atoms with E-state index in [0.717, 1.165) is 22.7 Å². The third kappa shape index (κ3) is 2.12. The molecule has 82 valence electrons. The third-order valence-electron chi connectivity index (χ3n) is 2.96. The van der Waals surface area contributed by atoms with Gasteiger partial charge >= 0.3 is 0 Å². The second-order valence-corrected chi connectivity index (χ2v) is 4.51. The Morgan fingerprint density at radius 3 is 2.67 bits per heavy atom. The molecule has 3 heteroatoms. The van der Waals surface area contributed by atoms with Crippen molar-refractivity contribution in [3.8, 4) is 11.5 Å². The highest BCUT2D eigenvalue weighted by Crippen LogP contribution is 2.51. The number of alkyl halides is 1. The van der Waals surface area contributed by atoms with Gasteiger partial charge in [-0.1, -0.05) is 22.0 Å². The van der Waals surface area contributed by atoms with E-state index in [0.29, 0.717) is 5.92 Å². The van der Waals surface area contributed by atoms with E-state index in [4.69, 9.17) is 9.47 Å². The summed E-state index contributed by atoms with van der Waals surface area (Å²) >= 11 is 3.52. The molecule has 15 heavy (non-hydrogen) atoms. The van der Waals surface area contributed by atoms with Crippen molar-refractivity contribution in [1.29, 1.82) is 0 Å². The molecule has 2 rings (SSSR count). The minimum Gasteiger partial charge on any atom is -0.497 e. The predicted molar refractivity (Wildman–Crippen MR) is 64.2 cm³/mol. The number of benzene rings is 1. The molecular formula is C12H15BrO2. The fourth-order valence-electron chi connectivity index (χ4n) is 1.92. The fraction of sp³-hybridized carbons (Fsp3) is 0.500. The number of ether oxygens (including phenoxy) is 2. The van der Waals surface area contributed by atoms with Crippen molar-refractivity contribution < 1.29 is 9.47 Å². The summed E-state index contributed by atoms with van der Waals surface area (Å²) in [6, 6.07) is 6.07. The minimum absolute atomic E-state index is 0.658. The van der Waals surface area contributed by atoms with Crippen LogP contribution in [0.15, 0.2) is 18.2 Å². The zero-order valence-electron chi connectivity index (χ0n) is 9.00. The molecular weight excluding hydrogens is 256 g/mol. The highest BCUT2D eigenvalue weighted by Gasteiger charge is 2.38. The van der Waals surface area contributed by atoms with E-state index >= 15 is 0 Å². The van der Waals surface area contributed by atoms with E-state index in [9.17, 15) is 0 Å². The molecule has 0 heterocycles. The molecule has 0 N–H and O–H groups in total. The average molecular weight is 271 g/mol. The number of rotatable bonds is 4. The van der Waals surface area contributed by atoms with E-state index in [1.54, 1.807) is 14.2 Å². The van der Waals surface area contributed by atoms with Crippen LogP contribution < -0.4 is 9.47 Å². The van der Waals surface area contributed by atoms with Crippen LogP contribution >= 0.6 is 15.9 Å². The highest BCUT2D eigenvalue weighted by atomic mass is 79.9. The Morgan fingerprint density at radius 1 is 1.33 bits per heavy atom.